The third-order valence-electron chi connectivity index (χ3n) is 3.86. The summed E-state index contributed by atoms with van der Waals surface area (Å²) in [6, 6.07) is 8.52. The van der Waals surface area contributed by atoms with Crippen LogP contribution in [0.5, 0.6) is 11.5 Å². The second kappa shape index (κ2) is 6.51. The van der Waals surface area contributed by atoms with Crippen molar-refractivity contribution in [1.29, 1.82) is 0 Å². The van der Waals surface area contributed by atoms with E-state index < -0.39 is 29.3 Å². The lowest BCUT2D eigenvalue weighted by Gasteiger charge is -2.11. The number of aromatic nitrogens is 3. The Balaban J connectivity index is 1.69. The van der Waals surface area contributed by atoms with Gasteiger partial charge in [-0.05, 0) is 36.4 Å². The number of carbonyl (C=O) groups excluding carboxylic acids is 1. The van der Waals surface area contributed by atoms with Crippen molar-refractivity contribution >= 4 is 11.6 Å². The molecule has 144 valence electrons. The zero-order valence-electron chi connectivity index (χ0n) is 13.8. The molecule has 1 aliphatic rings. The molecule has 0 spiro atoms. The quantitative estimate of drug-likeness (QED) is 0.689. The maximum absolute atomic E-state index is 13.6. The van der Waals surface area contributed by atoms with Gasteiger partial charge in [-0.3, -0.25) is 4.79 Å². The first-order chi connectivity index (χ1) is 13.3. The van der Waals surface area contributed by atoms with Crippen molar-refractivity contribution in [1.82, 2.24) is 15.0 Å². The molecule has 11 heteroatoms. The fourth-order valence-corrected chi connectivity index (χ4v) is 2.62. The third kappa shape index (κ3) is 3.21. The summed E-state index contributed by atoms with van der Waals surface area (Å²) >= 11 is 0. The van der Waals surface area contributed by atoms with Gasteiger partial charge in [0.05, 0.1) is 5.69 Å². The predicted molar refractivity (Wildman–Crippen MR) is 86.8 cm³/mol. The van der Waals surface area contributed by atoms with E-state index in [0.29, 0.717) is 16.2 Å². The van der Waals surface area contributed by atoms with Crippen molar-refractivity contribution in [3.05, 3.63) is 59.7 Å². The van der Waals surface area contributed by atoms with Crippen LogP contribution in [0, 0.1) is 5.82 Å². The van der Waals surface area contributed by atoms with Crippen LogP contribution in [0.1, 0.15) is 16.2 Å². The topological polar surface area (TPSA) is 78.3 Å². The van der Waals surface area contributed by atoms with E-state index in [0.717, 1.165) is 24.3 Å². The summed E-state index contributed by atoms with van der Waals surface area (Å²) in [4.78, 5) is 12.4. The number of rotatable bonds is 3. The van der Waals surface area contributed by atoms with Crippen LogP contribution in [0.2, 0.25) is 0 Å². The Morgan fingerprint density at radius 3 is 2.50 bits per heavy atom. The maximum atomic E-state index is 13.6. The summed E-state index contributed by atoms with van der Waals surface area (Å²) in [5, 5.41) is 9.13. The van der Waals surface area contributed by atoms with E-state index in [1.165, 1.54) is 18.2 Å². The predicted octanol–water partition coefficient (Wildman–Crippen LogP) is 3.41. The largest absolute Gasteiger partial charge is 0.454 e. The fourth-order valence-electron chi connectivity index (χ4n) is 2.62. The highest BCUT2D eigenvalue weighted by Crippen LogP contribution is 2.35. The van der Waals surface area contributed by atoms with E-state index in [2.05, 4.69) is 15.6 Å². The van der Waals surface area contributed by atoms with Crippen molar-refractivity contribution in [2.75, 3.05) is 12.1 Å². The standard InChI is InChI=1S/C17H10F4N4O3/c18-9-1-4-11(5-2-9)25-15(17(19,20)21)14(23-24-25)16(26)22-10-3-6-12-13(7-10)28-8-27-12/h1-7H,8H2,(H,22,26). The van der Waals surface area contributed by atoms with Crippen LogP contribution >= 0.6 is 0 Å². The molecule has 0 bridgehead atoms. The molecule has 0 aliphatic carbocycles. The van der Waals surface area contributed by atoms with Gasteiger partial charge >= 0.3 is 6.18 Å². The number of alkyl halides is 3. The van der Waals surface area contributed by atoms with Gasteiger partial charge in [-0.1, -0.05) is 5.21 Å². The van der Waals surface area contributed by atoms with Gasteiger partial charge in [0.15, 0.2) is 22.9 Å². The van der Waals surface area contributed by atoms with Gasteiger partial charge in [-0.25, -0.2) is 9.07 Å². The SMILES string of the molecule is O=C(Nc1ccc2c(c1)OCO2)c1nnn(-c2ccc(F)cc2)c1C(F)(F)F. The molecule has 2 heterocycles. The van der Waals surface area contributed by atoms with E-state index >= 15 is 0 Å². The molecular weight excluding hydrogens is 384 g/mol. The molecule has 0 saturated carbocycles. The first-order valence-electron chi connectivity index (χ1n) is 7.83. The summed E-state index contributed by atoms with van der Waals surface area (Å²) in [6.45, 7) is 0.0109. The Hall–Kier alpha value is -3.63. The van der Waals surface area contributed by atoms with Crippen LogP contribution in [0.25, 0.3) is 5.69 Å². The van der Waals surface area contributed by atoms with Gasteiger partial charge in [0, 0.05) is 11.8 Å². The number of nitrogens with one attached hydrogen (secondary N) is 1. The molecule has 0 atom stereocenters. The number of fused-ring (bicyclic) bond motifs is 1. The van der Waals surface area contributed by atoms with E-state index in [4.69, 9.17) is 9.47 Å². The van der Waals surface area contributed by atoms with Crippen molar-refractivity contribution in [2.24, 2.45) is 0 Å². The van der Waals surface area contributed by atoms with E-state index in [-0.39, 0.29) is 18.2 Å². The summed E-state index contributed by atoms with van der Waals surface area (Å²) in [5.74, 6) is -0.933. The average molecular weight is 394 g/mol. The highest BCUT2D eigenvalue weighted by atomic mass is 19.4. The van der Waals surface area contributed by atoms with Crippen LogP contribution in [0.3, 0.4) is 0 Å². The second-order valence-corrected chi connectivity index (χ2v) is 5.69. The molecule has 0 unspecified atom stereocenters. The Kier molecular flexibility index (Phi) is 4.13. The van der Waals surface area contributed by atoms with E-state index in [1.54, 1.807) is 0 Å². The normalized spacial score (nSPS) is 12.9. The number of anilines is 1. The molecule has 1 aliphatic heterocycles. The van der Waals surface area contributed by atoms with Gasteiger partial charge < -0.3 is 14.8 Å². The smallest absolute Gasteiger partial charge is 0.435 e. The summed E-state index contributed by atoms with van der Waals surface area (Å²) in [6.07, 6.45) is -4.93. The highest BCUT2D eigenvalue weighted by Gasteiger charge is 2.42. The highest BCUT2D eigenvalue weighted by molar-refractivity contribution is 6.04. The van der Waals surface area contributed by atoms with Gasteiger partial charge in [-0.2, -0.15) is 13.2 Å². The molecule has 7 nitrogen and oxygen atoms in total. The number of halogens is 4. The minimum absolute atomic E-state index is 0.0109. The lowest BCUT2D eigenvalue weighted by molar-refractivity contribution is -0.143. The summed E-state index contributed by atoms with van der Waals surface area (Å²) < 4.78 is 64.6. The molecule has 4 rings (SSSR count). The number of nitrogens with zero attached hydrogens (tertiary/aromatic N) is 3. The van der Waals surface area contributed by atoms with Crippen molar-refractivity contribution in [2.45, 2.75) is 6.18 Å². The molecule has 3 aromatic rings. The lowest BCUT2D eigenvalue weighted by atomic mass is 10.2. The minimum atomic E-state index is -4.93. The van der Waals surface area contributed by atoms with Crippen LogP contribution in [0.15, 0.2) is 42.5 Å². The monoisotopic (exact) mass is 394 g/mol. The van der Waals surface area contributed by atoms with E-state index in [1.807, 2.05) is 0 Å². The van der Waals surface area contributed by atoms with Crippen molar-refractivity contribution in [3.63, 3.8) is 0 Å². The molecule has 0 saturated heterocycles. The van der Waals surface area contributed by atoms with Crippen LogP contribution in [-0.2, 0) is 6.18 Å². The van der Waals surface area contributed by atoms with Crippen LogP contribution in [-0.4, -0.2) is 27.7 Å². The molecule has 1 aromatic heterocycles. The molecule has 28 heavy (non-hydrogen) atoms. The molecule has 1 N–H and O–H groups in total. The number of hydrogen-bond donors (Lipinski definition) is 1. The Morgan fingerprint density at radius 1 is 1.07 bits per heavy atom. The fraction of sp³-hybridized carbons (Fsp3) is 0.118. The molecule has 0 fully saturated rings. The average Bonchev–Trinajstić information content (AvgIpc) is 3.28. The number of amides is 1. The van der Waals surface area contributed by atoms with Gasteiger partial charge in [0.1, 0.15) is 5.82 Å². The first-order valence-corrected chi connectivity index (χ1v) is 7.83. The minimum Gasteiger partial charge on any atom is -0.454 e. The summed E-state index contributed by atoms with van der Waals surface area (Å²) in [5.41, 5.74) is -2.20. The number of carbonyl (C=O) groups is 1. The lowest BCUT2D eigenvalue weighted by Crippen LogP contribution is -2.21. The van der Waals surface area contributed by atoms with Crippen molar-refractivity contribution < 1.29 is 31.8 Å². The van der Waals surface area contributed by atoms with Gasteiger partial charge in [0.2, 0.25) is 6.79 Å². The van der Waals surface area contributed by atoms with Gasteiger partial charge in [-0.15, -0.1) is 5.10 Å². The molecular formula is C17H10F4N4O3. The third-order valence-corrected chi connectivity index (χ3v) is 3.86. The maximum Gasteiger partial charge on any atom is 0.435 e. The van der Waals surface area contributed by atoms with Crippen LogP contribution < -0.4 is 14.8 Å². The summed E-state index contributed by atoms with van der Waals surface area (Å²) in [7, 11) is 0. The Labute approximate surface area is 154 Å². The zero-order chi connectivity index (χ0) is 19.9. The number of ether oxygens (including phenoxy) is 2. The second-order valence-electron chi connectivity index (χ2n) is 5.69. The molecule has 2 aromatic carbocycles. The van der Waals surface area contributed by atoms with Crippen LogP contribution in [0.4, 0.5) is 23.2 Å². The molecule has 0 radical (unpaired) electrons. The molecule has 1 amide bonds. The Bertz CT molecular complexity index is 1050. The van der Waals surface area contributed by atoms with Crippen molar-refractivity contribution in [3.8, 4) is 17.2 Å². The first kappa shape index (κ1) is 17.8. The van der Waals surface area contributed by atoms with Gasteiger partial charge in [0.25, 0.3) is 5.91 Å². The van der Waals surface area contributed by atoms with E-state index in [9.17, 15) is 22.4 Å². The Morgan fingerprint density at radius 2 is 1.79 bits per heavy atom. The number of benzene rings is 2. The number of hydrogen-bond acceptors (Lipinski definition) is 5. The zero-order valence-corrected chi connectivity index (χ0v) is 13.8.